The van der Waals surface area contributed by atoms with Crippen molar-refractivity contribution < 1.29 is 0 Å². The van der Waals surface area contributed by atoms with Crippen LogP contribution < -0.4 is 11.1 Å². The second-order valence-electron chi connectivity index (χ2n) is 5.10. The van der Waals surface area contributed by atoms with E-state index in [1.54, 1.807) is 6.07 Å². The molecule has 0 unspecified atom stereocenters. The largest absolute Gasteiger partial charge is 0.384 e. The van der Waals surface area contributed by atoms with Gasteiger partial charge in [-0.25, -0.2) is 9.97 Å². The molecule has 0 atom stereocenters. The molecular formula is C12H20N4. The number of nitrogens with one attached hydrogen (secondary N) is 1. The molecule has 0 radical (unpaired) electrons. The van der Waals surface area contributed by atoms with Crippen LogP contribution >= 0.6 is 0 Å². The van der Waals surface area contributed by atoms with Crippen molar-refractivity contribution in [1.29, 1.82) is 0 Å². The van der Waals surface area contributed by atoms with E-state index in [4.69, 9.17) is 5.73 Å². The normalized spacial score (nSPS) is 17.5. The van der Waals surface area contributed by atoms with Gasteiger partial charge in [0.1, 0.15) is 17.5 Å². The molecule has 1 aliphatic rings. The van der Waals surface area contributed by atoms with Crippen LogP contribution in [0.15, 0.2) is 6.07 Å². The number of nitrogen functional groups attached to an aromatic ring is 1. The molecule has 0 amide bonds. The third kappa shape index (κ3) is 2.26. The lowest BCUT2D eigenvalue weighted by atomic mass is 9.92. The molecule has 4 nitrogen and oxygen atoms in total. The summed E-state index contributed by atoms with van der Waals surface area (Å²) in [5.41, 5.74) is 6.16. The van der Waals surface area contributed by atoms with E-state index in [1.807, 2.05) is 6.92 Å². The zero-order valence-corrected chi connectivity index (χ0v) is 10.2. The lowest BCUT2D eigenvalue weighted by molar-refractivity contribution is 0.380. The predicted molar refractivity (Wildman–Crippen MR) is 66.2 cm³/mol. The zero-order valence-electron chi connectivity index (χ0n) is 10.2. The van der Waals surface area contributed by atoms with Gasteiger partial charge < -0.3 is 11.1 Å². The summed E-state index contributed by atoms with van der Waals surface area (Å²) in [7, 11) is 0. The van der Waals surface area contributed by atoms with Gasteiger partial charge >= 0.3 is 0 Å². The van der Waals surface area contributed by atoms with Gasteiger partial charge in [0.15, 0.2) is 0 Å². The summed E-state index contributed by atoms with van der Waals surface area (Å²) in [6.07, 6.45) is 2.63. The Labute approximate surface area is 96.7 Å². The summed E-state index contributed by atoms with van der Waals surface area (Å²) >= 11 is 0. The maximum Gasteiger partial charge on any atom is 0.131 e. The average Bonchev–Trinajstić information content (AvgIpc) is 2.94. The molecule has 1 heterocycles. The van der Waals surface area contributed by atoms with E-state index in [0.29, 0.717) is 11.2 Å². The number of nitrogens with two attached hydrogens (primary N) is 1. The molecule has 0 aromatic carbocycles. The number of hydrogen-bond donors (Lipinski definition) is 2. The number of aromatic nitrogens is 2. The van der Waals surface area contributed by atoms with E-state index < -0.39 is 0 Å². The van der Waals surface area contributed by atoms with Gasteiger partial charge in [0.2, 0.25) is 0 Å². The second kappa shape index (κ2) is 3.92. The number of hydrogen-bond acceptors (Lipinski definition) is 4. The zero-order chi connectivity index (χ0) is 11.8. The standard InChI is InChI=1S/C12H20N4/c1-8(2)12(4-5-12)7-14-11-6-10(13)15-9(3)16-11/h6,8H,4-5,7H2,1-3H3,(H3,13,14,15,16). The van der Waals surface area contributed by atoms with Crippen LogP contribution in [-0.4, -0.2) is 16.5 Å². The fourth-order valence-corrected chi connectivity index (χ4v) is 2.07. The van der Waals surface area contributed by atoms with Crippen molar-refractivity contribution >= 4 is 11.6 Å². The Balaban J connectivity index is 2.00. The molecule has 4 heteroatoms. The minimum Gasteiger partial charge on any atom is -0.384 e. The number of anilines is 2. The van der Waals surface area contributed by atoms with E-state index >= 15 is 0 Å². The van der Waals surface area contributed by atoms with Crippen molar-refractivity contribution in [2.24, 2.45) is 11.3 Å². The predicted octanol–water partition coefficient (Wildman–Crippen LogP) is 2.22. The molecule has 0 saturated heterocycles. The van der Waals surface area contributed by atoms with Gasteiger partial charge in [-0.05, 0) is 31.1 Å². The Bertz CT molecular complexity index is 362. The number of rotatable bonds is 4. The van der Waals surface area contributed by atoms with Crippen LogP contribution in [0, 0.1) is 18.3 Å². The molecule has 88 valence electrons. The highest BCUT2D eigenvalue weighted by Gasteiger charge is 2.44. The van der Waals surface area contributed by atoms with Crippen LogP contribution in [0.5, 0.6) is 0 Å². The van der Waals surface area contributed by atoms with E-state index in [2.05, 4.69) is 29.1 Å². The highest BCUT2D eigenvalue weighted by Crippen LogP contribution is 2.51. The molecule has 0 aliphatic heterocycles. The molecule has 0 bridgehead atoms. The third-order valence-electron chi connectivity index (χ3n) is 3.60. The fourth-order valence-electron chi connectivity index (χ4n) is 2.07. The first-order valence-electron chi connectivity index (χ1n) is 5.87. The van der Waals surface area contributed by atoms with Crippen LogP contribution in [0.4, 0.5) is 11.6 Å². The summed E-state index contributed by atoms with van der Waals surface area (Å²) in [5.74, 6) is 2.82. The highest BCUT2D eigenvalue weighted by atomic mass is 15.1. The van der Waals surface area contributed by atoms with Crippen LogP contribution in [0.2, 0.25) is 0 Å². The summed E-state index contributed by atoms with van der Waals surface area (Å²) in [6.45, 7) is 7.42. The van der Waals surface area contributed by atoms with Crippen LogP contribution in [0.25, 0.3) is 0 Å². The van der Waals surface area contributed by atoms with Gasteiger partial charge in [-0.3, -0.25) is 0 Å². The maximum atomic E-state index is 5.68. The van der Waals surface area contributed by atoms with Crippen molar-refractivity contribution in [3.05, 3.63) is 11.9 Å². The molecule has 2 rings (SSSR count). The van der Waals surface area contributed by atoms with Crippen molar-refractivity contribution in [2.45, 2.75) is 33.6 Å². The van der Waals surface area contributed by atoms with Gasteiger partial charge in [0.25, 0.3) is 0 Å². The second-order valence-corrected chi connectivity index (χ2v) is 5.10. The summed E-state index contributed by atoms with van der Waals surface area (Å²) in [4.78, 5) is 8.38. The Morgan fingerprint density at radius 1 is 1.44 bits per heavy atom. The van der Waals surface area contributed by atoms with Crippen LogP contribution in [-0.2, 0) is 0 Å². The first-order valence-corrected chi connectivity index (χ1v) is 5.87. The topological polar surface area (TPSA) is 63.8 Å². The molecule has 1 fully saturated rings. The maximum absolute atomic E-state index is 5.68. The fraction of sp³-hybridized carbons (Fsp3) is 0.667. The minimum atomic E-state index is 0.480. The SMILES string of the molecule is Cc1nc(N)cc(NCC2(C(C)C)CC2)n1. The van der Waals surface area contributed by atoms with E-state index in [0.717, 1.165) is 24.1 Å². The smallest absolute Gasteiger partial charge is 0.131 e. The molecule has 16 heavy (non-hydrogen) atoms. The molecule has 0 spiro atoms. The van der Waals surface area contributed by atoms with E-state index in [1.165, 1.54) is 12.8 Å². The first kappa shape index (κ1) is 11.2. The number of nitrogens with zero attached hydrogens (tertiary/aromatic N) is 2. The molecule has 1 aromatic heterocycles. The Morgan fingerprint density at radius 3 is 2.62 bits per heavy atom. The molecular weight excluding hydrogens is 200 g/mol. The van der Waals surface area contributed by atoms with E-state index in [-0.39, 0.29) is 0 Å². The van der Waals surface area contributed by atoms with Gasteiger partial charge in [-0.1, -0.05) is 13.8 Å². The van der Waals surface area contributed by atoms with Crippen LogP contribution in [0.1, 0.15) is 32.5 Å². The Morgan fingerprint density at radius 2 is 2.12 bits per heavy atom. The molecule has 1 aromatic rings. The molecule has 3 N–H and O–H groups in total. The first-order chi connectivity index (χ1) is 7.52. The van der Waals surface area contributed by atoms with Gasteiger partial charge in [-0.15, -0.1) is 0 Å². The van der Waals surface area contributed by atoms with Crippen molar-refractivity contribution in [2.75, 3.05) is 17.6 Å². The van der Waals surface area contributed by atoms with Crippen molar-refractivity contribution in [1.82, 2.24) is 9.97 Å². The van der Waals surface area contributed by atoms with E-state index in [9.17, 15) is 0 Å². The summed E-state index contributed by atoms with van der Waals surface area (Å²) < 4.78 is 0. The lowest BCUT2D eigenvalue weighted by Crippen LogP contribution is -2.21. The summed E-state index contributed by atoms with van der Waals surface area (Å²) in [6, 6.07) is 1.80. The van der Waals surface area contributed by atoms with Gasteiger partial charge in [-0.2, -0.15) is 0 Å². The lowest BCUT2D eigenvalue weighted by Gasteiger charge is -2.20. The Hall–Kier alpha value is -1.32. The summed E-state index contributed by atoms with van der Waals surface area (Å²) in [5, 5.41) is 3.38. The highest BCUT2D eigenvalue weighted by molar-refractivity contribution is 5.44. The molecule has 1 aliphatic carbocycles. The van der Waals surface area contributed by atoms with Gasteiger partial charge in [0.05, 0.1) is 0 Å². The minimum absolute atomic E-state index is 0.480. The quantitative estimate of drug-likeness (QED) is 0.816. The monoisotopic (exact) mass is 220 g/mol. The van der Waals surface area contributed by atoms with Crippen LogP contribution in [0.3, 0.4) is 0 Å². The Kier molecular flexibility index (Phi) is 2.74. The third-order valence-corrected chi connectivity index (χ3v) is 3.60. The number of aryl methyl sites for hydroxylation is 1. The van der Waals surface area contributed by atoms with Crippen molar-refractivity contribution in [3.63, 3.8) is 0 Å². The van der Waals surface area contributed by atoms with Gasteiger partial charge in [0, 0.05) is 12.6 Å². The molecule has 1 saturated carbocycles. The average molecular weight is 220 g/mol. The van der Waals surface area contributed by atoms with Crippen molar-refractivity contribution in [3.8, 4) is 0 Å².